The molecule has 5 heteroatoms. The lowest BCUT2D eigenvalue weighted by Crippen LogP contribution is -2.40. The maximum absolute atomic E-state index is 11.5. The molecule has 0 atom stereocenters. The number of likely N-dealkylation sites (N-methyl/N-ethyl adjacent to an activating group) is 1. The second-order valence-electron chi connectivity index (χ2n) is 4.46. The molecule has 0 aromatic heterocycles. The zero-order valence-corrected chi connectivity index (χ0v) is 8.91. The lowest BCUT2D eigenvalue weighted by molar-refractivity contribution is -0.124. The molecule has 14 heavy (non-hydrogen) atoms. The Morgan fingerprint density at radius 2 is 2.00 bits per heavy atom. The first-order valence-corrected chi connectivity index (χ1v) is 4.63. The number of imide groups is 1. The summed E-state index contributed by atoms with van der Waals surface area (Å²) >= 11 is 0. The normalized spacial score (nSPS) is 18.3. The molecular weight excluding hydrogens is 182 g/mol. The van der Waals surface area contributed by atoms with Gasteiger partial charge in [0.05, 0.1) is 0 Å². The van der Waals surface area contributed by atoms with Gasteiger partial charge in [-0.1, -0.05) is 13.8 Å². The van der Waals surface area contributed by atoms with E-state index in [1.54, 1.807) is 0 Å². The molecular formula is C9H17N3O2. The molecule has 0 saturated carbocycles. The largest absolute Gasteiger partial charge is 0.330 e. The predicted molar refractivity (Wildman–Crippen MR) is 52.6 cm³/mol. The third-order valence-corrected chi connectivity index (χ3v) is 2.43. The van der Waals surface area contributed by atoms with Crippen molar-refractivity contribution in [1.29, 1.82) is 0 Å². The van der Waals surface area contributed by atoms with Crippen molar-refractivity contribution in [2.24, 2.45) is 11.1 Å². The summed E-state index contributed by atoms with van der Waals surface area (Å²) in [5.41, 5.74) is 5.42. The Kier molecular flexibility index (Phi) is 2.80. The molecule has 0 aromatic carbocycles. The van der Waals surface area contributed by atoms with E-state index in [0.717, 1.165) is 4.90 Å². The monoisotopic (exact) mass is 199 g/mol. The number of hydrogen-bond acceptors (Lipinski definition) is 3. The van der Waals surface area contributed by atoms with Gasteiger partial charge in [-0.2, -0.15) is 0 Å². The molecule has 1 fully saturated rings. The summed E-state index contributed by atoms with van der Waals surface area (Å²) in [5, 5.41) is 0. The van der Waals surface area contributed by atoms with Crippen LogP contribution in [0, 0.1) is 5.41 Å². The van der Waals surface area contributed by atoms with Crippen molar-refractivity contribution in [2.75, 3.05) is 26.7 Å². The van der Waals surface area contributed by atoms with Crippen molar-refractivity contribution in [2.45, 2.75) is 13.8 Å². The van der Waals surface area contributed by atoms with Crippen molar-refractivity contribution in [3.8, 4) is 0 Å². The number of amides is 3. The molecule has 1 aliphatic rings. The molecule has 3 amide bonds. The molecule has 0 aliphatic carbocycles. The maximum atomic E-state index is 11.5. The van der Waals surface area contributed by atoms with E-state index in [-0.39, 0.29) is 23.9 Å². The van der Waals surface area contributed by atoms with Crippen molar-refractivity contribution in [1.82, 2.24) is 9.80 Å². The van der Waals surface area contributed by atoms with Crippen LogP contribution in [0.5, 0.6) is 0 Å². The van der Waals surface area contributed by atoms with Gasteiger partial charge in [0.2, 0.25) is 5.91 Å². The van der Waals surface area contributed by atoms with Crippen LogP contribution in [0.25, 0.3) is 0 Å². The minimum absolute atomic E-state index is 0.138. The summed E-state index contributed by atoms with van der Waals surface area (Å²) in [7, 11) is 1.50. The second kappa shape index (κ2) is 3.57. The topological polar surface area (TPSA) is 66.6 Å². The van der Waals surface area contributed by atoms with Gasteiger partial charge in [0, 0.05) is 13.6 Å². The fourth-order valence-electron chi connectivity index (χ4n) is 1.36. The third-order valence-electron chi connectivity index (χ3n) is 2.43. The zero-order chi connectivity index (χ0) is 10.9. The van der Waals surface area contributed by atoms with Crippen LogP contribution in [0.4, 0.5) is 4.79 Å². The van der Waals surface area contributed by atoms with E-state index in [9.17, 15) is 9.59 Å². The van der Waals surface area contributed by atoms with Crippen LogP contribution in [0.3, 0.4) is 0 Å². The average molecular weight is 199 g/mol. The number of carbonyl (C=O) groups is 2. The predicted octanol–water partition coefficient (Wildman–Crippen LogP) is -0.135. The summed E-state index contributed by atoms with van der Waals surface area (Å²) in [6.45, 7) is 5.15. The first-order valence-electron chi connectivity index (χ1n) is 4.63. The fourth-order valence-corrected chi connectivity index (χ4v) is 1.36. The average Bonchev–Trinajstić information content (AvgIpc) is 2.33. The highest BCUT2D eigenvalue weighted by Crippen LogP contribution is 2.18. The standard InChI is InChI=1S/C9H17N3O2/c1-9(2,5-10)6-12-4-7(13)11(3)8(12)14/h4-6,10H2,1-3H3. The van der Waals surface area contributed by atoms with Crippen LogP contribution in [0.15, 0.2) is 0 Å². The number of nitrogens with two attached hydrogens (primary N) is 1. The highest BCUT2D eigenvalue weighted by atomic mass is 16.2. The van der Waals surface area contributed by atoms with Crippen LogP contribution in [0.1, 0.15) is 13.8 Å². The Morgan fingerprint density at radius 3 is 2.36 bits per heavy atom. The van der Waals surface area contributed by atoms with Gasteiger partial charge < -0.3 is 10.6 Å². The molecule has 1 saturated heterocycles. The first kappa shape index (κ1) is 11.0. The van der Waals surface area contributed by atoms with E-state index in [0.29, 0.717) is 13.1 Å². The molecule has 1 aliphatic heterocycles. The highest BCUT2D eigenvalue weighted by Gasteiger charge is 2.35. The maximum Gasteiger partial charge on any atom is 0.326 e. The van der Waals surface area contributed by atoms with Gasteiger partial charge in [-0.25, -0.2) is 4.79 Å². The smallest absolute Gasteiger partial charge is 0.326 e. The van der Waals surface area contributed by atoms with Gasteiger partial charge in [0.1, 0.15) is 6.54 Å². The number of rotatable bonds is 3. The first-order chi connectivity index (χ1) is 6.37. The summed E-state index contributed by atoms with van der Waals surface area (Å²) in [4.78, 5) is 25.4. The highest BCUT2D eigenvalue weighted by molar-refractivity contribution is 6.01. The Morgan fingerprint density at radius 1 is 1.43 bits per heavy atom. The van der Waals surface area contributed by atoms with Gasteiger partial charge in [-0.15, -0.1) is 0 Å². The van der Waals surface area contributed by atoms with Crippen molar-refractivity contribution in [3.63, 3.8) is 0 Å². The SMILES string of the molecule is CN1C(=O)CN(CC(C)(C)CN)C1=O. The van der Waals surface area contributed by atoms with Gasteiger partial charge in [0.15, 0.2) is 0 Å². The number of hydrogen-bond donors (Lipinski definition) is 1. The quantitative estimate of drug-likeness (QED) is 0.644. The van der Waals surface area contributed by atoms with Crippen molar-refractivity contribution < 1.29 is 9.59 Å². The Labute approximate surface area is 83.8 Å². The second-order valence-corrected chi connectivity index (χ2v) is 4.46. The summed E-state index contributed by atoms with van der Waals surface area (Å²) in [5.74, 6) is -0.150. The molecule has 5 nitrogen and oxygen atoms in total. The Balaban J connectivity index is 2.64. The minimum Gasteiger partial charge on any atom is -0.330 e. The molecule has 0 bridgehead atoms. The van der Waals surface area contributed by atoms with Crippen LogP contribution < -0.4 is 5.73 Å². The summed E-state index contributed by atoms with van der Waals surface area (Å²) < 4.78 is 0. The minimum atomic E-state index is -0.225. The number of urea groups is 1. The molecule has 0 aromatic rings. The van der Waals surface area contributed by atoms with E-state index in [1.807, 2.05) is 13.8 Å². The van der Waals surface area contributed by atoms with Gasteiger partial charge in [-0.05, 0) is 12.0 Å². The van der Waals surface area contributed by atoms with Crippen LogP contribution in [-0.4, -0.2) is 48.4 Å². The molecule has 1 rings (SSSR count). The molecule has 0 unspecified atom stereocenters. The molecule has 0 radical (unpaired) electrons. The Hall–Kier alpha value is -1.10. The lowest BCUT2D eigenvalue weighted by atomic mass is 9.93. The zero-order valence-electron chi connectivity index (χ0n) is 8.91. The molecule has 80 valence electrons. The van der Waals surface area contributed by atoms with E-state index in [1.165, 1.54) is 11.9 Å². The fraction of sp³-hybridized carbons (Fsp3) is 0.778. The van der Waals surface area contributed by atoms with Gasteiger partial charge >= 0.3 is 6.03 Å². The van der Waals surface area contributed by atoms with E-state index in [2.05, 4.69) is 0 Å². The molecule has 1 heterocycles. The van der Waals surface area contributed by atoms with E-state index in [4.69, 9.17) is 5.73 Å². The van der Waals surface area contributed by atoms with Crippen molar-refractivity contribution >= 4 is 11.9 Å². The van der Waals surface area contributed by atoms with Crippen LogP contribution in [-0.2, 0) is 4.79 Å². The van der Waals surface area contributed by atoms with Crippen LogP contribution >= 0.6 is 0 Å². The van der Waals surface area contributed by atoms with Crippen LogP contribution in [0.2, 0.25) is 0 Å². The Bertz CT molecular complexity index is 263. The van der Waals surface area contributed by atoms with E-state index < -0.39 is 0 Å². The van der Waals surface area contributed by atoms with E-state index >= 15 is 0 Å². The summed E-state index contributed by atoms with van der Waals surface area (Å²) in [6.07, 6.45) is 0. The lowest BCUT2D eigenvalue weighted by Gasteiger charge is -2.27. The summed E-state index contributed by atoms with van der Waals surface area (Å²) in [6, 6.07) is -0.225. The number of nitrogens with zero attached hydrogens (tertiary/aromatic N) is 2. The van der Waals surface area contributed by atoms with Gasteiger partial charge in [0.25, 0.3) is 0 Å². The van der Waals surface area contributed by atoms with Gasteiger partial charge in [-0.3, -0.25) is 9.69 Å². The van der Waals surface area contributed by atoms with Crippen molar-refractivity contribution in [3.05, 3.63) is 0 Å². The number of carbonyl (C=O) groups excluding carboxylic acids is 2. The molecule has 2 N–H and O–H groups in total. The molecule has 0 spiro atoms. The third kappa shape index (κ3) is 2.04.